The first-order valence-electron chi connectivity index (χ1n) is 11.0. The van der Waals surface area contributed by atoms with Gasteiger partial charge in [0.2, 0.25) is 5.95 Å². The van der Waals surface area contributed by atoms with Gasteiger partial charge in [0.25, 0.3) is 5.91 Å². The highest BCUT2D eigenvalue weighted by Gasteiger charge is 2.17. The average molecular weight is 473 g/mol. The molecule has 0 atom stereocenters. The number of carbonyl (C=O) groups excluding carboxylic acids is 3. The van der Waals surface area contributed by atoms with E-state index in [0.717, 1.165) is 6.42 Å². The molecule has 0 unspecified atom stereocenters. The summed E-state index contributed by atoms with van der Waals surface area (Å²) >= 11 is 0. The number of aromatic nitrogens is 3. The lowest BCUT2D eigenvalue weighted by atomic mass is 10.2. The fraction of sp³-hybridized carbons (Fsp3) is 0.455. The number of carbonyl (C=O) groups is 3. The lowest BCUT2D eigenvalue weighted by Crippen LogP contribution is -2.34. The molecule has 5 N–H and O–H groups in total. The van der Waals surface area contributed by atoms with Crippen LogP contribution < -0.4 is 26.6 Å². The van der Waals surface area contributed by atoms with Gasteiger partial charge in [0, 0.05) is 43.9 Å². The second kappa shape index (κ2) is 12.9. The number of hydrogen-bond donors (Lipinski definition) is 5. The number of amides is 4. The van der Waals surface area contributed by atoms with Gasteiger partial charge in [-0.1, -0.05) is 6.92 Å². The fourth-order valence-corrected chi connectivity index (χ4v) is 2.58. The SMILES string of the molecule is CCCNc1nc(NC(=O)Nc2ccncc2)ncc1C(=O)NCCCNC(=O)OC(C)(C)C. The van der Waals surface area contributed by atoms with Crippen molar-refractivity contribution < 1.29 is 19.1 Å². The van der Waals surface area contributed by atoms with Crippen molar-refractivity contribution >= 4 is 35.5 Å². The van der Waals surface area contributed by atoms with E-state index >= 15 is 0 Å². The molecule has 2 aromatic heterocycles. The molecular weight excluding hydrogens is 440 g/mol. The van der Waals surface area contributed by atoms with Crippen LogP contribution in [0.1, 0.15) is 50.9 Å². The Balaban J connectivity index is 1.90. The molecule has 0 saturated heterocycles. The van der Waals surface area contributed by atoms with E-state index in [1.165, 1.54) is 6.20 Å². The Morgan fingerprint density at radius 1 is 1.00 bits per heavy atom. The van der Waals surface area contributed by atoms with Crippen LogP contribution in [-0.4, -0.2) is 58.2 Å². The third-order valence-electron chi connectivity index (χ3n) is 4.05. The molecule has 0 saturated carbocycles. The van der Waals surface area contributed by atoms with Crippen molar-refractivity contribution in [1.29, 1.82) is 0 Å². The summed E-state index contributed by atoms with van der Waals surface area (Å²) in [5, 5.41) is 13.7. The van der Waals surface area contributed by atoms with Crippen LogP contribution >= 0.6 is 0 Å². The van der Waals surface area contributed by atoms with Gasteiger partial charge in [-0.3, -0.25) is 15.1 Å². The first kappa shape index (κ1) is 26.3. The second-order valence-electron chi connectivity index (χ2n) is 8.24. The van der Waals surface area contributed by atoms with Crippen LogP contribution in [0.2, 0.25) is 0 Å². The number of nitrogens with zero attached hydrogens (tertiary/aromatic N) is 3. The maximum absolute atomic E-state index is 12.6. The Morgan fingerprint density at radius 2 is 1.71 bits per heavy atom. The van der Waals surface area contributed by atoms with Gasteiger partial charge in [-0.05, 0) is 45.7 Å². The second-order valence-corrected chi connectivity index (χ2v) is 8.24. The maximum Gasteiger partial charge on any atom is 0.407 e. The molecular formula is C22H32N8O4. The van der Waals surface area contributed by atoms with Crippen molar-refractivity contribution in [2.45, 2.75) is 46.1 Å². The number of ether oxygens (including phenoxy) is 1. The first-order chi connectivity index (χ1) is 16.2. The number of urea groups is 1. The molecule has 0 aliphatic carbocycles. The van der Waals surface area contributed by atoms with Crippen LogP contribution in [0.3, 0.4) is 0 Å². The summed E-state index contributed by atoms with van der Waals surface area (Å²) in [6, 6.07) is 2.76. The van der Waals surface area contributed by atoms with Crippen molar-refractivity contribution in [3.05, 3.63) is 36.3 Å². The van der Waals surface area contributed by atoms with Crippen LogP contribution in [0, 0.1) is 0 Å². The number of nitrogens with one attached hydrogen (secondary N) is 5. The molecule has 2 rings (SSSR count). The first-order valence-corrected chi connectivity index (χ1v) is 11.0. The van der Waals surface area contributed by atoms with Crippen LogP contribution in [0.4, 0.5) is 27.0 Å². The smallest absolute Gasteiger partial charge is 0.407 e. The van der Waals surface area contributed by atoms with E-state index in [4.69, 9.17) is 4.74 Å². The molecule has 4 amide bonds. The molecule has 0 aliphatic heterocycles. The van der Waals surface area contributed by atoms with E-state index in [9.17, 15) is 14.4 Å². The Hall–Kier alpha value is -3.96. The minimum atomic E-state index is -0.569. The number of pyridine rings is 1. The summed E-state index contributed by atoms with van der Waals surface area (Å²) in [6.07, 6.45) is 5.28. The van der Waals surface area contributed by atoms with E-state index < -0.39 is 17.7 Å². The minimum absolute atomic E-state index is 0.0447. The van der Waals surface area contributed by atoms with E-state index in [-0.39, 0.29) is 17.4 Å². The summed E-state index contributed by atoms with van der Waals surface area (Å²) in [7, 11) is 0. The van der Waals surface area contributed by atoms with Gasteiger partial charge in [0.05, 0.1) is 0 Å². The molecule has 0 spiro atoms. The highest BCUT2D eigenvalue weighted by Crippen LogP contribution is 2.15. The molecule has 2 heterocycles. The van der Waals surface area contributed by atoms with Crippen molar-refractivity contribution in [2.75, 3.05) is 35.6 Å². The van der Waals surface area contributed by atoms with E-state index in [2.05, 4.69) is 41.5 Å². The molecule has 0 aromatic carbocycles. The van der Waals surface area contributed by atoms with Gasteiger partial charge in [0.1, 0.15) is 17.0 Å². The molecule has 0 radical (unpaired) electrons. The molecule has 0 fully saturated rings. The Bertz CT molecular complexity index is 963. The minimum Gasteiger partial charge on any atom is -0.444 e. The highest BCUT2D eigenvalue weighted by molar-refractivity contribution is 6.00. The van der Waals surface area contributed by atoms with E-state index in [0.29, 0.717) is 37.6 Å². The zero-order valence-electron chi connectivity index (χ0n) is 19.9. The molecule has 12 heteroatoms. The fourth-order valence-electron chi connectivity index (χ4n) is 2.58. The summed E-state index contributed by atoms with van der Waals surface area (Å²) in [5.41, 5.74) is 0.239. The molecule has 0 bridgehead atoms. The maximum atomic E-state index is 12.6. The predicted octanol–water partition coefficient (Wildman–Crippen LogP) is 2.98. The lowest BCUT2D eigenvalue weighted by molar-refractivity contribution is 0.0527. The van der Waals surface area contributed by atoms with Gasteiger partial charge in [-0.2, -0.15) is 4.98 Å². The number of anilines is 3. The topological polar surface area (TPSA) is 159 Å². The number of hydrogen-bond acceptors (Lipinski definition) is 8. The summed E-state index contributed by atoms with van der Waals surface area (Å²) in [5.74, 6) is -0.0210. The van der Waals surface area contributed by atoms with Crippen LogP contribution in [0.5, 0.6) is 0 Å². The normalized spacial score (nSPS) is 10.7. The quantitative estimate of drug-likeness (QED) is 0.330. The standard InChI is InChI=1S/C22H32N8O4/c1-5-9-24-17-16(18(31)25-10-6-11-26-21(33)34-22(2,3)4)14-27-19(29-17)30-20(32)28-15-7-12-23-13-8-15/h7-8,12-14H,5-6,9-11H2,1-4H3,(H,25,31)(H,26,33)(H3,23,24,27,28,29,30,32). The van der Waals surface area contributed by atoms with E-state index in [1.54, 1.807) is 45.3 Å². The molecule has 184 valence electrons. The van der Waals surface area contributed by atoms with Gasteiger partial charge in [0.15, 0.2) is 0 Å². The molecule has 12 nitrogen and oxygen atoms in total. The van der Waals surface area contributed by atoms with Gasteiger partial charge in [-0.15, -0.1) is 0 Å². The highest BCUT2D eigenvalue weighted by atomic mass is 16.6. The third-order valence-corrected chi connectivity index (χ3v) is 4.05. The number of rotatable bonds is 10. The summed E-state index contributed by atoms with van der Waals surface area (Å²) in [4.78, 5) is 48.7. The van der Waals surface area contributed by atoms with Crippen LogP contribution in [-0.2, 0) is 4.74 Å². The van der Waals surface area contributed by atoms with Crippen LogP contribution in [0.25, 0.3) is 0 Å². The largest absolute Gasteiger partial charge is 0.444 e. The van der Waals surface area contributed by atoms with Gasteiger partial charge >= 0.3 is 12.1 Å². The van der Waals surface area contributed by atoms with Gasteiger partial charge < -0.3 is 26.0 Å². The third kappa shape index (κ3) is 9.67. The summed E-state index contributed by atoms with van der Waals surface area (Å²) < 4.78 is 5.16. The predicted molar refractivity (Wildman–Crippen MR) is 129 cm³/mol. The Labute approximate surface area is 198 Å². The average Bonchev–Trinajstić information content (AvgIpc) is 2.76. The Morgan fingerprint density at radius 3 is 2.38 bits per heavy atom. The number of alkyl carbamates (subject to hydrolysis) is 1. The van der Waals surface area contributed by atoms with Crippen molar-refractivity contribution in [3.8, 4) is 0 Å². The molecule has 2 aromatic rings. The summed E-state index contributed by atoms with van der Waals surface area (Å²) in [6.45, 7) is 8.60. The Kier molecular flexibility index (Phi) is 9.99. The lowest BCUT2D eigenvalue weighted by Gasteiger charge is -2.19. The van der Waals surface area contributed by atoms with Crippen molar-refractivity contribution in [3.63, 3.8) is 0 Å². The molecule has 34 heavy (non-hydrogen) atoms. The van der Waals surface area contributed by atoms with Crippen molar-refractivity contribution in [2.24, 2.45) is 0 Å². The zero-order valence-corrected chi connectivity index (χ0v) is 19.9. The molecule has 0 aliphatic rings. The monoisotopic (exact) mass is 472 g/mol. The van der Waals surface area contributed by atoms with Crippen LogP contribution in [0.15, 0.2) is 30.7 Å². The zero-order chi connectivity index (χ0) is 25.0. The van der Waals surface area contributed by atoms with Gasteiger partial charge in [-0.25, -0.2) is 14.6 Å². The van der Waals surface area contributed by atoms with E-state index in [1.807, 2.05) is 6.92 Å². The van der Waals surface area contributed by atoms with Crippen molar-refractivity contribution in [1.82, 2.24) is 25.6 Å².